The molecule has 0 bridgehead atoms. The minimum atomic E-state index is -3.42. The van der Waals surface area contributed by atoms with Crippen LogP contribution in [-0.4, -0.2) is 34.7 Å². The maximum atomic E-state index is 13.1. The summed E-state index contributed by atoms with van der Waals surface area (Å²) in [5, 5.41) is 3.12. The molecule has 1 atom stereocenters. The number of ether oxygens (including phenoxy) is 1. The summed E-state index contributed by atoms with van der Waals surface area (Å²) >= 11 is 0. The Bertz CT molecular complexity index is 953. The van der Waals surface area contributed by atoms with Crippen LogP contribution in [0.3, 0.4) is 0 Å². The highest BCUT2D eigenvalue weighted by Gasteiger charge is 2.21. The fourth-order valence-electron chi connectivity index (χ4n) is 3.21. The summed E-state index contributed by atoms with van der Waals surface area (Å²) in [4.78, 5) is 13.1. The Hall–Kier alpha value is -2.54. The lowest BCUT2D eigenvalue weighted by Crippen LogP contribution is -2.31. The van der Waals surface area contributed by atoms with E-state index < -0.39 is 10.0 Å². The smallest absolute Gasteiger partial charge is 0.252 e. The number of methoxy groups -OCH3 is 1. The number of benzene rings is 2. The number of nitrogens with zero attached hydrogens (tertiary/aromatic N) is 1. The third-order valence-electron chi connectivity index (χ3n) is 4.92. The van der Waals surface area contributed by atoms with E-state index in [-0.39, 0.29) is 11.9 Å². The van der Waals surface area contributed by atoms with Gasteiger partial charge in [0.05, 0.1) is 25.1 Å². The van der Waals surface area contributed by atoms with E-state index in [1.807, 2.05) is 24.3 Å². The van der Waals surface area contributed by atoms with Gasteiger partial charge in [-0.15, -0.1) is 0 Å². The van der Waals surface area contributed by atoms with Gasteiger partial charge in [-0.2, -0.15) is 0 Å². The lowest BCUT2D eigenvalue weighted by Gasteiger charge is -2.24. The van der Waals surface area contributed by atoms with Crippen LogP contribution in [0.2, 0.25) is 0 Å². The third kappa shape index (κ3) is 5.73. The lowest BCUT2D eigenvalue weighted by atomic mass is 9.96. The normalized spacial score (nSPS) is 12.5. The topological polar surface area (TPSA) is 75.7 Å². The molecule has 0 heterocycles. The van der Waals surface area contributed by atoms with Crippen molar-refractivity contribution >= 4 is 21.6 Å². The van der Waals surface area contributed by atoms with Gasteiger partial charge in [-0.1, -0.05) is 32.0 Å². The molecule has 2 aromatic rings. The molecule has 158 valence electrons. The van der Waals surface area contributed by atoms with Gasteiger partial charge in [-0.3, -0.25) is 9.10 Å². The number of carbonyl (C=O) groups excluding carboxylic acids is 1. The fraction of sp³-hybridized carbons (Fsp3) is 0.409. The molecule has 0 fully saturated rings. The molecule has 0 aromatic heterocycles. The van der Waals surface area contributed by atoms with Crippen LogP contribution in [0.15, 0.2) is 42.5 Å². The molecule has 0 radical (unpaired) electrons. The van der Waals surface area contributed by atoms with Crippen molar-refractivity contribution in [3.63, 3.8) is 0 Å². The fourth-order valence-corrected chi connectivity index (χ4v) is 3.77. The van der Waals surface area contributed by atoms with Crippen LogP contribution in [0.1, 0.15) is 47.8 Å². The van der Waals surface area contributed by atoms with E-state index in [9.17, 15) is 13.2 Å². The molecule has 0 saturated heterocycles. The number of anilines is 1. The predicted molar refractivity (Wildman–Crippen MR) is 117 cm³/mol. The van der Waals surface area contributed by atoms with E-state index in [1.165, 1.54) is 11.4 Å². The molecule has 0 aliphatic heterocycles. The Morgan fingerprint density at radius 1 is 1.14 bits per heavy atom. The van der Waals surface area contributed by atoms with Gasteiger partial charge in [-0.05, 0) is 54.7 Å². The zero-order chi connectivity index (χ0) is 21.8. The molecule has 0 saturated carbocycles. The third-order valence-corrected chi connectivity index (χ3v) is 6.11. The van der Waals surface area contributed by atoms with Crippen molar-refractivity contribution < 1.29 is 17.9 Å². The van der Waals surface area contributed by atoms with Crippen LogP contribution in [0.4, 0.5) is 5.69 Å². The van der Waals surface area contributed by atoms with Crippen LogP contribution < -0.4 is 14.4 Å². The average Bonchev–Trinajstić information content (AvgIpc) is 2.66. The van der Waals surface area contributed by atoms with E-state index >= 15 is 0 Å². The Morgan fingerprint density at radius 2 is 1.76 bits per heavy atom. The van der Waals surface area contributed by atoms with Crippen molar-refractivity contribution in [2.75, 3.05) is 24.7 Å². The van der Waals surface area contributed by atoms with Crippen LogP contribution in [-0.2, 0) is 10.0 Å². The van der Waals surface area contributed by atoms with Gasteiger partial charge in [0, 0.05) is 12.6 Å². The molecule has 0 aliphatic carbocycles. The maximum Gasteiger partial charge on any atom is 0.252 e. The van der Waals surface area contributed by atoms with E-state index in [0.29, 0.717) is 22.7 Å². The summed E-state index contributed by atoms with van der Waals surface area (Å²) in [6.07, 6.45) is 1.92. The Morgan fingerprint density at radius 3 is 2.28 bits per heavy atom. The average molecular weight is 419 g/mol. The molecule has 1 amide bonds. The Balaban J connectivity index is 2.34. The van der Waals surface area contributed by atoms with Gasteiger partial charge >= 0.3 is 0 Å². The number of rotatable bonds is 8. The summed E-state index contributed by atoms with van der Waals surface area (Å²) < 4.78 is 30.2. The van der Waals surface area contributed by atoms with Crippen molar-refractivity contribution in [1.29, 1.82) is 0 Å². The number of amides is 1. The second-order valence-electron chi connectivity index (χ2n) is 7.61. The van der Waals surface area contributed by atoms with Crippen molar-refractivity contribution in [2.45, 2.75) is 33.2 Å². The van der Waals surface area contributed by atoms with Crippen LogP contribution in [0.5, 0.6) is 5.75 Å². The summed E-state index contributed by atoms with van der Waals surface area (Å²) in [6, 6.07) is 12.6. The van der Waals surface area contributed by atoms with Crippen LogP contribution in [0.25, 0.3) is 0 Å². The first-order valence-corrected chi connectivity index (χ1v) is 11.4. The molecular weight excluding hydrogens is 388 g/mol. The zero-order valence-electron chi connectivity index (χ0n) is 17.9. The minimum absolute atomic E-state index is 0.163. The van der Waals surface area contributed by atoms with E-state index in [2.05, 4.69) is 19.2 Å². The number of nitrogens with one attached hydrogen (secondary N) is 1. The van der Waals surface area contributed by atoms with Gasteiger partial charge in [0.2, 0.25) is 10.0 Å². The van der Waals surface area contributed by atoms with Crippen molar-refractivity contribution in [1.82, 2.24) is 5.32 Å². The molecule has 1 N–H and O–H groups in total. The number of hydrogen-bond donors (Lipinski definition) is 1. The summed E-state index contributed by atoms with van der Waals surface area (Å²) in [7, 11) is -0.319. The highest BCUT2D eigenvalue weighted by molar-refractivity contribution is 7.92. The standard InChI is InChI=1S/C22H30N2O4S/c1-15(2)14-20(17-10-12-18(28-5)13-11-17)23-22(25)19-8-7-9-21(16(19)3)24(4)29(6,26)27/h7-13,15,20H,14H2,1-6H3,(H,23,25)/t20-/m1/s1. The predicted octanol–water partition coefficient (Wildman–Crippen LogP) is 3.92. The minimum Gasteiger partial charge on any atom is -0.497 e. The van der Waals surface area contributed by atoms with Crippen molar-refractivity contribution in [3.8, 4) is 5.75 Å². The quantitative estimate of drug-likeness (QED) is 0.705. The zero-order valence-corrected chi connectivity index (χ0v) is 18.7. The van der Waals surface area contributed by atoms with Crippen LogP contribution in [0, 0.1) is 12.8 Å². The molecule has 0 spiro atoms. The Labute approximate surface area is 173 Å². The van der Waals surface area contributed by atoms with Gasteiger partial charge in [-0.25, -0.2) is 8.42 Å². The second kappa shape index (κ2) is 9.31. The number of carbonyl (C=O) groups is 1. The number of sulfonamides is 1. The monoisotopic (exact) mass is 418 g/mol. The Kier molecular flexibility index (Phi) is 7.30. The summed E-state index contributed by atoms with van der Waals surface area (Å²) in [5.74, 6) is 0.912. The summed E-state index contributed by atoms with van der Waals surface area (Å²) in [6.45, 7) is 5.97. The van der Waals surface area contributed by atoms with E-state index in [4.69, 9.17) is 4.74 Å². The van der Waals surface area contributed by atoms with Gasteiger partial charge < -0.3 is 10.1 Å². The molecule has 2 rings (SSSR count). The molecule has 0 aliphatic rings. The van der Waals surface area contributed by atoms with Crippen molar-refractivity contribution in [2.24, 2.45) is 5.92 Å². The van der Waals surface area contributed by atoms with Crippen LogP contribution >= 0.6 is 0 Å². The molecule has 7 heteroatoms. The van der Waals surface area contributed by atoms with Crippen molar-refractivity contribution in [3.05, 3.63) is 59.2 Å². The summed E-state index contributed by atoms with van der Waals surface area (Å²) in [5.41, 5.74) is 2.57. The molecule has 29 heavy (non-hydrogen) atoms. The first-order chi connectivity index (χ1) is 13.5. The molecule has 2 aromatic carbocycles. The molecule has 6 nitrogen and oxygen atoms in total. The lowest BCUT2D eigenvalue weighted by molar-refractivity contribution is 0.0931. The largest absolute Gasteiger partial charge is 0.497 e. The van der Waals surface area contributed by atoms with E-state index in [0.717, 1.165) is 24.0 Å². The first kappa shape index (κ1) is 22.7. The van der Waals surface area contributed by atoms with E-state index in [1.54, 1.807) is 32.2 Å². The maximum absolute atomic E-state index is 13.1. The molecular formula is C22H30N2O4S. The van der Waals surface area contributed by atoms with Gasteiger partial charge in [0.1, 0.15) is 5.75 Å². The SMILES string of the molecule is COc1ccc([C@@H](CC(C)C)NC(=O)c2cccc(N(C)S(C)(=O)=O)c2C)cc1. The first-order valence-electron chi connectivity index (χ1n) is 9.53. The van der Waals surface area contributed by atoms with Gasteiger partial charge in [0.15, 0.2) is 0 Å². The highest BCUT2D eigenvalue weighted by Crippen LogP contribution is 2.27. The van der Waals surface area contributed by atoms with Gasteiger partial charge in [0.25, 0.3) is 5.91 Å². The second-order valence-corrected chi connectivity index (χ2v) is 9.62. The highest BCUT2D eigenvalue weighted by atomic mass is 32.2. The number of hydrogen-bond acceptors (Lipinski definition) is 4. The molecule has 0 unspecified atom stereocenters.